The van der Waals surface area contributed by atoms with E-state index in [2.05, 4.69) is 18.3 Å². The van der Waals surface area contributed by atoms with Crippen LogP contribution in [-0.2, 0) is 14.3 Å². The van der Waals surface area contributed by atoms with Crippen molar-refractivity contribution < 1.29 is 14.3 Å². The summed E-state index contributed by atoms with van der Waals surface area (Å²) in [5.74, 6) is -0.0804. The van der Waals surface area contributed by atoms with Gasteiger partial charge in [-0.1, -0.05) is 31.9 Å². The molecule has 1 unspecified atom stereocenters. The van der Waals surface area contributed by atoms with Gasteiger partial charge in [0, 0.05) is 12.6 Å². The molecule has 0 saturated carbocycles. The Morgan fingerprint density at radius 1 is 1.50 bits per heavy atom. The molecular formula is C14H23NO3. The number of ether oxygens (including phenoxy) is 2. The zero-order valence-electron chi connectivity index (χ0n) is 11.3. The third-order valence-corrected chi connectivity index (χ3v) is 2.66. The summed E-state index contributed by atoms with van der Waals surface area (Å²) in [5.41, 5.74) is 0.965. The van der Waals surface area contributed by atoms with Gasteiger partial charge in [0.1, 0.15) is 12.9 Å². The van der Waals surface area contributed by atoms with E-state index in [1.54, 1.807) is 6.08 Å². The maximum absolute atomic E-state index is 11.6. The van der Waals surface area contributed by atoms with Crippen molar-refractivity contribution in [2.75, 3.05) is 19.9 Å². The Hall–Kier alpha value is -1.13. The van der Waals surface area contributed by atoms with Crippen LogP contribution in [0.4, 0.5) is 0 Å². The molecule has 0 radical (unpaired) electrons. The zero-order chi connectivity index (χ0) is 13.2. The second-order valence-corrected chi connectivity index (χ2v) is 4.46. The molecule has 1 aliphatic heterocycles. The summed E-state index contributed by atoms with van der Waals surface area (Å²) in [4.78, 5) is 11.6. The molecule has 102 valence electrons. The van der Waals surface area contributed by atoms with Gasteiger partial charge in [0.15, 0.2) is 0 Å². The summed E-state index contributed by atoms with van der Waals surface area (Å²) in [5, 5.41) is 2.80. The fourth-order valence-electron chi connectivity index (χ4n) is 1.60. The maximum Gasteiger partial charge on any atom is 0.244 e. The van der Waals surface area contributed by atoms with E-state index in [1.165, 1.54) is 12.8 Å². The van der Waals surface area contributed by atoms with Crippen LogP contribution in [0.1, 0.15) is 33.1 Å². The molecule has 1 saturated heterocycles. The highest BCUT2D eigenvalue weighted by atomic mass is 16.7. The van der Waals surface area contributed by atoms with Crippen LogP contribution in [0, 0.1) is 0 Å². The Bertz CT molecular complexity index is 304. The van der Waals surface area contributed by atoms with Gasteiger partial charge in [-0.15, -0.1) is 0 Å². The standard InChI is InChI=1S/C14H23NO3/c1-3-4-5-6-7-12(2)8-14(16)15-9-13-10-17-11-18-13/h6-8,13H,3-5,9-11H2,1-2H3,(H,15,16)/b7-6+,12-8+. The molecule has 1 fully saturated rings. The monoisotopic (exact) mass is 253 g/mol. The van der Waals surface area contributed by atoms with Gasteiger partial charge in [0.05, 0.1) is 6.61 Å². The van der Waals surface area contributed by atoms with Gasteiger partial charge in [-0.3, -0.25) is 4.79 Å². The molecule has 4 heteroatoms. The number of nitrogens with one attached hydrogen (secondary N) is 1. The van der Waals surface area contributed by atoms with Crippen molar-refractivity contribution in [1.82, 2.24) is 5.32 Å². The van der Waals surface area contributed by atoms with Crippen molar-refractivity contribution in [3.8, 4) is 0 Å². The zero-order valence-corrected chi connectivity index (χ0v) is 11.3. The molecule has 0 aromatic carbocycles. The summed E-state index contributed by atoms with van der Waals surface area (Å²) in [6.45, 7) is 5.48. The van der Waals surface area contributed by atoms with Crippen LogP contribution in [0.3, 0.4) is 0 Å². The first-order chi connectivity index (χ1) is 8.72. The summed E-state index contributed by atoms with van der Waals surface area (Å²) < 4.78 is 10.3. The van der Waals surface area contributed by atoms with Crippen LogP contribution in [0.15, 0.2) is 23.8 Å². The first-order valence-electron chi connectivity index (χ1n) is 6.54. The number of rotatable bonds is 7. The van der Waals surface area contributed by atoms with Gasteiger partial charge in [0.25, 0.3) is 0 Å². The van der Waals surface area contributed by atoms with Crippen LogP contribution in [0.2, 0.25) is 0 Å². The lowest BCUT2D eigenvalue weighted by molar-refractivity contribution is -0.117. The molecule has 1 heterocycles. The Balaban J connectivity index is 2.21. The lowest BCUT2D eigenvalue weighted by Gasteiger charge is -2.07. The summed E-state index contributed by atoms with van der Waals surface area (Å²) in [7, 11) is 0. The van der Waals surface area contributed by atoms with Crippen molar-refractivity contribution in [1.29, 1.82) is 0 Å². The lowest BCUT2D eigenvalue weighted by atomic mass is 10.2. The molecule has 18 heavy (non-hydrogen) atoms. The number of carbonyl (C=O) groups excluding carboxylic acids is 1. The van der Waals surface area contributed by atoms with Gasteiger partial charge in [0.2, 0.25) is 5.91 Å². The van der Waals surface area contributed by atoms with Crippen molar-refractivity contribution in [3.05, 3.63) is 23.8 Å². The van der Waals surface area contributed by atoms with Gasteiger partial charge >= 0.3 is 0 Å². The topological polar surface area (TPSA) is 47.6 Å². The Morgan fingerprint density at radius 3 is 3.00 bits per heavy atom. The van der Waals surface area contributed by atoms with E-state index in [0.29, 0.717) is 19.9 Å². The lowest BCUT2D eigenvalue weighted by Crippen LogP contribution is -2.32. The summed E-state index contributed by atoms with van der Waals surface area (Å²) >= 11 is 0. The van der Waals surface area contributed by atoms with Crippen LogP contribution in [0.25, 0.3) is 0 Å². The minimum absolute atomic E-state index is 0.0113. The molecule has 1 N–H and O–H groups in total. The number of allylic oxidation sites excluding steroid dienone is 3. The number of unbranched alkanes of at least 4 members (excludes halogenated alkanes) is 2. The fraction of sp³-hybridized carbons (Fsp3) is 0.643. The van der Waals surface area contributed by atoms with Crippen LogP contribution in [0.5, 0.6) is 0 Å². The normalized spacial score (nSPS) is 20.6. The van der Waals surface area contributed by atoms with E-state index in [-0.39, 0.29) is 12.0 Å². The van der Waals surface area contributed by atoms with E-state index in [4.69, 9.17) is 9.47 Å². The fourth-order valence-corrected chi connectivity index (χ4v) is 1.60. The summed E-state index contributed by atoms with van der Waals surface area (Å²) in [6, 6.07) is 0. The molecule has 1 amide bonds. The maximum atomic E-state index is 11.6. The van der Waals surface area contributed by atoms with E-state index in [1.807, 2.05) is 13.0 Å². The number of amides is 1. The van der Waals surface area contributed by atoms with Crippen molar-refractivity contribution >= 4 is 5.91 Å². The highest BCUT2D eigenvalue weighted by Crippen LogP contribution is 2.02. The molecule has 0 aliphatic carbocycles. The molecule has 1 rings (SSSR count). The first-order valence-corrected chi connectivity index (χ1v) is 6.54. The Kier molecular flexibility index (Phi) is 7.37. The predicted molar refractivity (Wildman–Crippen MR) is 71.1 cm³/mol. The molecule has 1 atom stereocenters. The van der Waals surface area contributed by atoms with Crippen LogP contribution >= 0.6 is 0 Å². The van der Waals surface area contributed by atoms with E-state index < -0.39 is 0 Å². The average molecular weight is 253 g/mol. The number of hydrogen-bond acceptors (Lipinski definition) is 3. The van der Waals surface area contributed by atoms with Gasteiger partial charge < -0.3 is 14.8 Å². The Morgan fingerprint density at radius 2 is 2.33 bits per heavy atom. The second-order valence-electron chi connectivity index (χ2n) is 4.46. The predicted octanol–water partition coefficient (Wildman–Crippen LogP) is 2.17. The third-order valence-electron chi connectivity index (χ3n) is 2.66. The minimum atomic E-state index is -0.0804. The molecule has 0 aromatic heterocycles. The smallest absolute Gasteiger partial charge is 0.244 e. The van der Waals surface area contributed by atoms with Crippen molar-refractivity contribution in [2.24, 2.45) is 0 Å². The largest absolute Gasteiger partial charge is 0.353 e. The van der Waals surface area contributed by atoms with E-state index in [9.17, 15) is 4.79 Å². The Labute approximate surface area is 109 Å². The SMILES string of the molecule is CCCC/C=C/C(C)=C/C(=O)NCC1COCO1. The third kappa shape index (κ3) is 6.57. The quantitative estimate of drug-likeness (QED) is 0.430. The molecule has 0 aromatic rings. The highest BCUT2D eigenvalue weighted by Gasteiger charge is 2.15. The molecule has 1 aliphatic rings. The van der Waals surface area contributed by atoms with Gasteiger partial charge in [-0.2, -0.15) is 0 Å². The highest BCUT2D eigenvalue weighted by molar-refractivity contribution is 5.88. The van der Waals surface area contributed by atoms with Gasteiger partial charge in [-0.25, -0.2) is 0 Å². The summed E-state index contributed by atoms with van der Waals surface area (Å²) in [6.07, 6.45) is 9.14. The number of hydrogen-bond donors (Lipinski definition) is 1. The molecular weight excluding hydrogens is 230 g/mol. The van der Waals surface area contributed by atoms with Crippen LogP contribution < -0.4 is 5.32 Å². The number of carbonyl (C=O) groups is 1. The minimum Gasteiger partial charge on any atom is -0.353 e. The van der Waals surface area contributed by atoms with Crippen molar-refractivity contribution in [3.63, 3.8) is 0 Å². The second kappa shape index (κ2) is 8.89. The van der Waals surface area contributed by atoms with E-state index >= 15 is 0 Å². The van der Waals surface area contributed by atoms with Crippen LogP contribution in [-0.4, -0.2) is 32.0 Å². The van der Waals surface area contributed by atoms with E-state index in [0.717, 1.165) is 12.0 Å². The molecule has 4 nitrogen and oxygen atoms in total. The molecule has 0 spiro atoms. The van der Waals surface area contributed by atoms with Crippen molar-refractivity contribution in [2.45, 2.75) is 39.2 Å². The molecule has 0 bridgehead atoms. The average Bonchev–Trinajstić information content (AvgIpc) is 2.85. The van der Waals surface area contributed by atoms with Gasteiger partial charge in [-0.05, 0) is 18.9 Å². The first kappa shape index (κ1) is 14.9.